The third-order valence-corrected chi connectivity index (χ3v) is 5.38. The largest absolute Gasteiger partial charge is 0.418 e. The summed E-state index contributed by atoms with van der Waals surface area (Å²) >= 11 is 0. The molecular formula is C18H14F5N5O2S. The molecule has 0 unspecified atom stereocenters. The molecule has 1 aromatic heterocycles. The first kappa shape index (κ1) is 22.4. The van der Waals surface area contributed by atoms with Crippen LogP contribution in [0.1, 0.15) is 17.3 Å². The highest BCUT2D eigenvalue weighted by molar-refractivity contribution is 7.92. The van der Waals surface area contributed by atoms with Crippen LogP contribution in [0.2, 0.25) is 0 Å². The first-order valence-electron chi connectivity index (χ1n) is 8.44. The van der Waals surface area contributed by atoms with Crippen LogP contribution in [0.3, 0.4) is 0 Å². The van der Waals surface area contributed by atoms with Crippen LogP contribution < -0.4 is 15.8 Å². The van der Waals surface area contributed by atoms with Crippen LogP contribution in [-0.4, -0.2) is 18.4 Å². The predicted octanol–water partition coefficient (Wildman–Crippen LogP) is 3.64. The summed E-state index contributed by atoms with van der Waals surface area (Å²) in [4.78, 5) is 6.55. The van der Waals surface area contributed by atoms with E-state index in [1.54, 1.807) is 0 Å². The molecule has 0 aliphatic rings. The van der Waals surface area contributed by atoms with Crippen LogP contribution in [-0.2, 0) is 16.2 Å². The number of hydrogen-bond acceptors (Lipinski definition) is 6. The van der Waals surface area contributed by atoms with Crippen LogP contribution in [0.4, 0.5) is 33.5 Å². The number of halogens is 5. The maximum atomic E-state index is 13.9. The molecule has 0 radical (unpaired) electrons. The van der Waals surface area contributed by atoms with Gasteiger partial charge < -0.3 is 11.1 Å². The lowest BCUT2D eigenvalue weighted by Crippen LogP contribution is -2.24. The fraction of sp³-hybridized carbons (Fsp3) is 0.111. The van der Waals surface area contributed by atoms with E-state index in [0.717, 1.165) is 36.7 Å². The van der Waals surface area contributed by atoms with E-state index in [1.165, 1.54) is 12.3 Å². The van der Waals surface area contributed by atoms with Gasteiger partial charge in [-0.25, -0.2) is 27.2 Å². The molecule has 0 saturated carbocycles. The fourth-order valence-electron chi connectivity index (χ4n) is 2.60. The Morgan fingerprint density at radius 2 is 1.77 bits per heavy atom. The maximum absolute atomic E-state index is 13.9. The normalized spacial score (nSPS) is 13.0. The van der Waals surface area contributed by atoms with Crippen molar-refractivity contribution in [2.24, 2.45) is 5.73 Å². The number of benzene rings is 2. The van der Waals surface area contributed by atoms with Crippen molar-refractivity contribution in [3.8, 4) is 0 Å². The molecule has 13 heteroatoms. The molecule has 0 saturated heterocycles. The van der Waals surface area contributed by atoms with Gasteiger partial charge in [-0.1, -0.05) is 0 Å². The van der Waals surface area contributed by atoms with Crippen LogP contribution in [0, 0.1) is 11.6 Å². The summed E-state index contributed by atoms with van der Waals surface area (Å²) in [5, 5.41) is 2.25. The minimum atomic E-state index is -4.98. The van der Waals surface area contributed by atoms with Gasteiger partial charge in [0.25, 0.3) is 10.0 Å². The number of hydrogen-bond donors (Lipinski definition) is 3. The zero-order chi connectivity index (χ0) is 22.8. The molecule has 0 fully saturated rings. The van der Waals surface area contributed by atoms with Crippen molar-refractivity contribution >= 4 is 21.5 Å². The Morgan fingerprint density at radius 1 is 1.03 bits per heavy atom. The summed E-state index contributed by atoms with van der Waals surface area (Å²) in [7, 11) is -4.41. The van der Waals surface area contributed by atoms with Crippen molar-refractivity contribution in [3.05, 3.63) is 77.8 Å². The molecule has 0 spiro atoms. The molecule has 0 aliphatic carbocycles. The summed E-state index contributed by atoms with van der Waals surface area (Å²) in [6.45, 7) is 0. The molecule has 3 aromatic rings. The highest BCUT2D eigenvalue weighted by Gasteiger charge is 2.35. The van der Waals surface area contributed by atoms with E-state index < -0.39 is 55.7 Å². The summed E-state index contributed by atoms with van der Waals surface area (Å²) < 4.78 is 94.9. The highest BCUT2D eigenvalue weighted by Crippen LogP contribution is 2.37. The van der Waals surface area contributed by atoms with E-state index in [4.69, 9.17) is 5.73 Å². The van der Waals surface area contributed by atoms with Gasteiger partial charge in [-0.05, 0) is 42.5 Å². The molecule has 2 aromatic carbocycles. The lowest BCUT2D eigenvalue weighted by molar-refractivity contribution is -0.137. The number of nitrogens with one attached hydrogen (secondary N) is 2. The van der Waals surface area contributed by atoms with Gasteiger partial charge in [-0.15, -0.1) is 0 Å². The standard InChI is InChI=1S/C18H14F5N5O2S/c19-10-1-3-14(20)12(7-10)17(24)27-15-4-2-11(8-13(15)18(21,22)23)31(29,30)28-16-5-6-25-9-26-16/h1-9,17,27H,24H2,(H,25,26,28)/t17-/m1/s1. The summed E-state index contributed by atoms with van der Waals surface area (Å²) in [6.07, 6.45) is -4.23. The van der Waals surface area contributed by atoms with E-state index in [1.807, 2.05) is 4.72 Å². The first-order valence-corrected chi connectivity index (χ1v) is 9.93. The number of anilines is 2. The number of aromatic nitrogens is 2. The second kappa shape index (κ2) is 8.43. The molecule has 0 bridgehead atoms. The van der Waals surface area contributed by atoms with Crippen molar-refractivity contribution < 1.29 is 30.4 Å². The van der Waals surface area contributed by atoms with Gasteiger partial charge >= 0.3 is 6.18 Å². The van der Waals surface area contributed by atoms with Gasteiger partial charge in [0.15, 0.2) is 0 Å². The number of rotatable bonds is 6. The van der Waals surface area contributed by atoms with Gasteiger partial charge in [-0.3, -0.25) is 4.72 Å². The molecule has 0 aliphatic heterocycles. The second-order valence-electron chi connectivity index (χ2n) is 6.19. The average molecular weight is 459 g/mol. The zero-order valence-corrected chi connectivity index (χ0v) is 16.2. The van der Waals surface area contributed by atoms with Crippen molar-refractivity contribution in [2.75, 3.05) is 10.0 Å². The zero-order valence-electron chi connectivity index (χ0n) is 15.4. The molecular weight excluding hydrogens is 445 g/mol. The topological polar surface area (TPSA) is 110 Å². The fourth-order valence-corrected chi connectivity index (χ4v) is 3.63. The Hall–Kier alpha value is -3.32. The second-order valence-corrected chi connectivity index (χ2v) is 7.88. The molecule has 1 heterocycles. The monoisotopic (exact) mass is 459 g/mol. The van der Waals surface area contributed by atoms with E-state index >= 15 is 0 Å². The summed E-state index contributed by atoms with van der Waals surface area (Å²) in [5.74, 6) is -1.90. The van der Waals surface area contributed by atoms with Gasteiger partial charge in [0.1, 0.15) is 29.9 Å². The molecule has 7 nitrogen and oxygen atoms in total. The molecule has 164 valence electrons. The minimum absolute atomic E-state index is 0.144. The Labute approximate surface area is 173 Å². The van der Waals surface area contributed by atoms with E-state index in [-0.39, 0.29) is 5.82 Å². The predicted molar refractivity (Wildman–Crippen MR) is 101 cm³/mol. The number of sulfonamides is 1. The molecule has 4 N–H and O–H groups in total. The van der Waals surface area contributed by atoms with E-state index in [9.17, 15) is 30.4 Å². The van der Waals surface area contributed by atoms with Crippen molar-refractivity contribution in [3.63, 3.8) is 0 Å². The van der Waals surface area contributed by atoms with Gasteiger partial charge in [0, 0.05) is 17.4 Å². The SMILES string of the molecule is N[C@H](Nc1ccc(S(=O)(=O)Nc2ccncn2)cc1C(F)(F)F)c1cc(F)ccc1F. The summed E-state index contributed by atoms with van der Waals surface area (Å²) in [5.41, 5.74) is 3.31. The van der Waals surface area contributed by atoms with Crippen LogP contribution in [0.15, 0.2) is 59.9 Å². The molecule has 0 amide bonds. The van der Waals surface area contributed by atoms with Crippen molar-refractivity contribution in [2.45, 2.75) is 17.2 Å². The van der Waals surface area contributed by atoms with Gasteiger partial charge in [0.2, 0.25) is 0 Å². The van der Waals surface area contributed by atoms with E-state index in [0.29, 0.717) is 6.07 Å². The number of alkyl halides is 3. The van der Waals surface area contributed by atoms with Crippen molar-refractivity contribution in [1.82, 2.24) is 9.97 Å². The Bertz CT molecular complexity index is 1190. The number of nitrogens with zero attached hydrogens (tertiary/aromatic N) is 2. The smallest absolute Gasteiger partial charge is 0.366 e. The number of nitrogens with two attached hydrogens (primary N) is 1. The average Bonchev–Trinajstić information content (AvgIpc) is 2.69. The molecule has 1 atom stereocenters. The van der Waals surface area contributed by atoms with Gasteiger partial charge in [0.05, 0.1) is 10.5 Å². The maximum Gasteiger partial charge on any atom is 0.418 e. The quantitative estimate of drug-likeness (QED) is 0.384. The Balaban J connectivity index is 1.96. The van der Waals surface area contributed by atoms with Crippen LogP contribution >= 0.6 is 0 Å². The lowest BCUT2D eigenvalue weighted by atomic mass is 10.1. The van der Waals surface area contributed by atoms with Crippen LogP contribution in [0.25, 0.3) is 0 Å². The Morgan fingerprint density at radius 3 is 2.42 bits per heavy atom. The minimum Gasteiger partial charge on any atom is -0.366 e. The van der Waals surface area contributed by atoms with Crippen LogP contribution in [0.5, 0.6) is 0 Å². The molecule has 3 rings (SSSR count). The first-order chi connectivity index (χ1) is 14.5. The lowest BCUT2D eigenvalue weighted by Gasteiger charge is -2.21. The third-order valence-electron chi connectivity index (χ3n) is 4.03. The van der Waals surface area contributed by atoms with E-state index in [2.05, 4.69) is 15.3 Å². The summed E-state index contributed by atoms with van der Waals surface area (Å²) in [6, 6.07) is 5.68. The van der Waals surface area contributed by atoms with Gasteiger partial charge in [-0.2, -0.15) is 13.2 Å². The third kappa shape index (κ3) is 5.24. The van der Waals surface area contributed by atoms with Crippen molar-refractivity contribution in [1.29, 1.82) is 0 Å². The highest BCUT2D eigenvalue weighted by atomic mass is 32.2. The molecule has 31 heavy (non-hydrogen) atoms. The Kier molecular flexibility index (Phi) is 6.08.